The molecule has 4 aliphatic rings. The van der Waals surface area contributed by atoms with Gasteiger partial charge in [0, 0.05) is 51.4 Å². The van der Waals surface area contributed by atoms with Crippen LogP contribution in [0.1, 0.15) is 94.6 Å². The first kappa shape index (κ1) is 32.7. The molecule has 4 amide bonds. The van der Waals surface area contributed by atoms with Crippen molar-refractivity contribution in [2.75, 3.05) is 32.7 Å². The number of likely N-dealkylation sites (tertiary alicyclic amines) is 2. The van der Waals surface area contributed by atoms with E-state index in [1.54, 1.807) is 0 Å². The van der Waals surface area contributed by atoms with Gasteiger partial charge in [-0.15, -0.1) is 0 Å². The molecule has 2 saturated carbocycles. The lowest BCUT2D eigenvalue weighted by atomic mass is 9.89. The number of piperidine rings is 2. The van der Waals surface area contributed by atoms with Gasteiger partial charge in [-0.25, -0.2) is 4.79 Å². The third kappa shape index (κ3) is 8.73. The highest BCUT2D eigenvalue weighted by Crippen LogP contribution is 2.53. The zero-order valence-electron chi connectivity index (χ0n) is 26.5. The number of hydrogen-bond acceptors (Lipinski definition) is 6. The number of carbonyl (C=O) groups is 3. The summed E-state index contributed by atoms with van der Waals surface area (Å²) in [5, 5.41) is 10.0. The summed E-state index contributed by atoms with van der Waals surface area (Å²) in [4.78, 5) is 44.9. The second-order valence-corrected chi connectivity index (χ2v) is 13.8. The van der Waals surface area contributed by atoms with Crippen LogP contribution in [0.5, 0.6) is 0 Å². The first-order valence-corrected chi connectivity index (χ1v) is 17.3. The van der Waals surface area contributed by atoms with Gasteiger partial charge in [-0.1, -0.05) is 49.9 Å². The first-order valence-electron chi connectivity index (χ1n) is 17.3. The van der Waals surface area contributed by atoms with Crippen molar-refractivity contribution >= 4 is 17.8 Å². The van der Waals surface area contributed by atoms with E-state index in [9.17, 15) is 14.4 Å². The van der Waals surface area contributed by atoms with Gasteiger partial charge in [0.1, 0.15) is 0 Å². The van der Waals surface area contributed by atoms with Crippen LogP contribution in [-0.4, -0.2) is 78.5 Å². The number of hydrogen-bond donors (Lipinski definition) is 5. The summed E-state index contributed by atoms with van der Waals surface area (Å²) in [6.45, 7) is 3.84. The Labute approximate surface area is 263 Å². The molecule has 0 radical (unpaired) electrons. The molecule has 5 rings (SSSR count). The Balaban J connectivity index is 1.25. The van der Waals surface area contributed by atoms with E-state index in [0.717, 1.165) is 69.2 Å². The van der Waals surface area contributed by atoms with Crippen LogP contribution in [-0.2, 0) is 22.7 Å². The maximum atomic E-state index is 14.0. The van der Waals surface area contributed by atoms with Crippen molar-refractivity contribution in [2.24, 2.45) is 22.8 Å². The van der Waals surface area contributed by atoms with Crippen molar-refractivity contribution in [3.63, 3.8) is 0 Å². The van der Waals surface area contributed by atoms with Gasteiger partial charge in [0.05, 0.1) is 12.0 Å². The van der Waals surface area contributed by atoms with Crippen LogP contribution in [0.2, 0.25) is 0 Å². The molecular formula is C34H55N7O3. The largest absolute Gasteiger partial charge is 0.352 e. The fourth-order valence-electron chi connectivity index (χ4n) is 7.36. The fourth-order valence-corrected chi connectivity index (χ4v) is 7.36. The zero-order valence-corrected chi connectivity index (χ0v) is 26.5. The molecule has 44 heavy (non-hydrogen) atoms. The van der Waals surface area contributed by atoms with Crippen LogP contribution in [0.3, 0.4) is 0 Å². The lowest BCUT2D eigenvalue weighted by Crippen LogP contribution is -2.61. The number of amides is 4. The van der Waals surface area contributed by atoms with E-state index in [4.69, 9.17) is 11.5 Å². The van der Waals surface area contributed by atoms with Crippen LogP contribution in [0.15, 0.2) is 24.3 Å². The fraction of sp³-hybridized carbons (Fsp3) is 0.735. The monoisotopic (exact) mass is 609 g/mol. The van der Waals surface area contributed by atoms with Crippen LogP contribution in [0.25, 0.3) is 0 Å². The van der Waals surface area contributed by atoms with E-state index in [-0.39, 0.29) is 29.9 Å². The van der Waals surface area contributed by atoms with Crippen LogP contribution < -0.4 is 27.4 Å². The van der Waals surface area contributed by atoms with E-state index >= 15 is 0 Å². The minimum atomic E-state index is -0.529. The number of nitrogens with zero attached hydrogens (tertiary/aromatic N) is 2. The number of urea groups is 1. The molecule has 1 spiro atoms. The molecule has 10 nitrogen and oxygen atoms in total. The molecule has 0 aromatic heterocycles. The van der Waals surface area contributed by atoms with E-state index in [1.807, 2.05) is 34.1 Å². The molecule has 1 aromatic rings. The maximum Gasteiger partial charge on any atom is 0.317 e. The topological polar surface area (TPSA) is 146 Å². The summed E-state index contributed by atoms with van der Waals surface area (Å²) in [5.74, 6) is -0.594. The number of benzene rings is 1. The Kier molecular flexibility index (Phi) is 11.5. The second-order valence-electron chi connectivity index (χ2n) is 13.8. The summed E-state index contributed by atoms with van der Waals surface area (Å²) in [5.41, 5.74) is 14.0. The average Bonchev–Trinajstić information content (AvgIpc) is 3.82. The third-order valence-corrected chi connectivity index (χ3v) is 10.7. The average molecular weight is 610 g/mol. The highest BCUT2D eigenvalue weighted by Gasteiger charge is 2.46. The van der Waals surface area contributed by atoms with Crippen molar-refractivity contribution in [1.29, 1.82) is 0 Å². The van der Waals surface area contributed by atoms with Crippen molar-refractivity contribution in [2.45, 2.75) is 115 Å². The van der Waals surface area contributed by atoms with E-state index in [2.05, 4.69) is 16.0 Å². The smallest absolute Gasteiger partial charge is 0.317 e. The standard InChI is InChI=1S/C34H55N7O3/c35-18-5-4-8-30(38-27-6-2-1-3-7-27)32(43)41-19-13-29(39-33(44)40-20-16-34(14-15-34)17-21-40)28(24-41)31(42)37-23-26-11-9-25(22-36)10-12-26/h9-12,27-30,38H,1-8,13-24,35-36H2,(H,37,42)(H,39,44)/t28-,29+,30?/m0/s1. The SMILES string of the molecule is NCCCCC(NC1CCCCC1)C(=O)N1CC[C@@H](NC(=O)N2CCC3(CC2)CC3)[C@@H](C(=O)NCc2ccc(CN)cc2)C1. The molecule has 4 fully saturated rings. The summed E-state index contributed by atoms with van der Waals surface area (Å²) in [6.07, 6.45) is 13.6. The third-order valence-electron chi connectivity index (χ3n) is 10.7. The molecule has 2 heterocycles. The highest BCUT2D eigenvalue weighted by molar-refractivity contribution is 5.85. The van der Waals surface area contributed by atoms with Gasteiger partial charge in [0.25, 0.3) is 0 Å². The molecule has 2 aliphatic carbocycles. The van der Waals surface area contributed by atoms with E-state index in [0.29, 0.717) is 50.6 Å². The van der Waals surface area contributed by atoms with Gasteiger partial charge in [-0.05, 0) is 80.9 Å². The minimum absolute atomic E-state index is 0.0679. The van der Waals surface area contributed by atoms with E-state index < -0.39 is 5.92 Å². The lowest BCUT2D eigenvalue weighted by molar-refractivity contribution is -0.138. The number of unbranched alkanes of at least 4 members (excludes halogenated alkanes) is 1. The molecule has 10 heteroatoms. The Morgan fingerprint density at radius 1 is 0.864 bits per heavy atom. The maximum absolute atomic E-state index is 14.0. The van der Waals surface area contributed by atoms with Crippen LogP contribution in [0, 0.1) is 11.3 Å². The highest BCUT2D eigenvalue weighted by atomic mass is 16.2. The number of nitrogens with one attached hydrogen (secondary N) is 3. The molecule has 1 unspecified atom stereocenters. The molecule has 0 bridgehead atoms. The van der Waals surface area contributed by atoms with Gasteiger partial charge in [0.15, 0.2) is 0 Å². The summed E-state index contributed by atoms with van der Waals surface area (Å²) in [7, 11) is 0. The Morgan fingerprint density at radius 2 is 1.57 bits per heavy atom. The number of nitrogens with two attached hydrogens (primary N) is 2. The molecule has 3 atom stereocenters. The molecule has 2 aliphatic heterocycles. The summed E-state index contributed by atoms with van der Waals surface area (Å²) < 4.78 is 0. The minimum Gasteiger partial charge on any atom is -0.352 e. The zero-order chi connectivity index (χ0) is 30.9. The molecule has 2 saturated heterocycles. The van der Waals surface area contributed by atoms with Gasteiger partial charge in [-0.3, -0.25) is 9.59 Å². The number of rotatable bonds is 12. The van der Waals surface area contributed by atoms with Crippen molar-refractivity contribution < 1.29 is 14.4 Å². The van der Waals surface area contributed by atoms with Gasteiger partial charge >= 0.3 is 6.03 Å². The molecule has 7 N–H and O–H groups in total. The predicted molar refractivity (Wildman–Crippen MR) is 172 cm³/mol. The van der Waals surface area contributed by atoms with Gasteiger partial charge < -0.3 is 37.2 Å². The Hall–Kier alpha value is -2.69. The summed E-state index contributed by atoms with van der Waals surface area (Å²) in [6, 6.07) is 7.57. The lowest BCUT2D eigenvalue weighted by Gasteiger charge is -2.41. The quantitative estimate of drug-likeness (QED) is 0.230. The predicted octanol–water partition coefficient (Wildman–Crippen LogP) is 2.98. The van der Waals surface area contributed by atoms with Crippen molar-refractivity contribution in [3.8, 4) is 0 Å². The van der Waals surface area contributed by atoms with E-state index in [1.165, 1.54) is 32.1 Å². The Morgan fingerprint density at radius 3 is 2.23 bits per heavy atom. The normalized spacial score (nSPS) is 24.1. The van der Waals surface area contributed by atoms with Gasteiger partial charge in [0.2, 0.25) is 11.8 Å². The van der Waals surface area contributed by atoms with Crippen LogP contribution >= 0.6 is 0 Å². The van der Waals surface area contributed by atoms with Crippen LogP contribution in [0.4, 0.5) is 4.79 Å². The summed E-state index contributed by atoms with van der Waals surface area (Å²) >= 11 is 0. The molecular weight excluding hydrogens is 554 g/mol. The first-order chi connectivity index (χ1) is 21.4. The molecule has 1 aromatic carbocycles. The molecule has 244 valence electrons. The second kappa shape index (κ2) is 15.5. The Bertz CT molecular complexity index is 1090. The van der Waals surface area contributed by atoms with Crippen molar-refractivity contribution in [1.82, 2.24) is 25.8 Å². The number of carbonyl (C=O) groups excluding carboxylic acids is 3. The van der Waals surface area contributed by atoms with Crippen molar-refractivity contribution in [3.05, 3.63) is 35.4 Å². The van der Waals surface area contributed by atoms with Gasteiger partial charge in [-0.2, -0.15) is 0 Å².